The number of sulfonamides is 1. The molecule has 1 atom stereocenters. The van der Waals surface area contributed by atoms with Gasteiger partial charge in [0.2, 0.25) is 0 Å². The van der Waals surface area contributed by atoms with Crippen LogP contribution >= 0.6 is 11.8 Å². The molecule has 0 radical (unpaired) electrons. The highest BCUT2D eigenvalue weighted by molar-refractivity contribution is 8.14. The largest absolute Gasteiger partial charge is 0.493 e. The van der Waals surface area contributed by atoms with Gasteiger partial charge in [-0.2, -0.15) is 0 Å². The van der Waals surface area contributed by atoms with E-state index < -0.39 is 10.0 Å². The van der Waals surface area contributed by atoms with Crippen molar-refractivity contribution in [2.75, 3.05) is 37.2 Å². The van der Waals surface area contributed by atoms with Crippen LogP contribution in [0.15, 0.2) is 47.5 Å². The first kappa shape index (κ1) is 24.2. The van der Waals surface area contributed by atoms with E-state index in [-0.39, 0.29) is 27.4 Å². The lowest BCUT2D eigenvalue weighted by molar-refractivity contribution is -0.109. The number of ether oxygens (including phenoxy) is 1. The van der Waals surface area contributed by atoms with Crippen molar-refractivity contribution in [3.63, 3.8) is 0 Å². The maximum absolute atomic E-state index is 12.6. The maximum Gasteiger partial charge on any atom is 0.263 e. The molecular weight excluding hydrogens is 450 g/mol. The zero-order chi connectivity index (χ0) is 23.1. The second-order valence-electron chi connectivity index (χ2n) is 7.79. The van der Waals surface area contributed by atoms with Gasteiger partial charge in [0.25, 0.3) is 10.0 Å². The number of nitrogens with zero attached hydrogens (tertiary/aromatic N) is 2. The number of nitrogens with one attached hydrogen (secondary N) is 1. The number of likely N-dealkylation sites (tertiary alicyclic amines) is 1. The summed E-state index contributed by atoms with van der Waals surface area (Å²) in [6, 6.07) is 9.16. The zero-order valence-electron chi connectivity index (χ0n) is 18.1. The minimum Gasteiger partial charge on any atom is -0.493 e. The lowest BCUT2D eigenvalue weighted by atomic mass is 10.00. The highest BCUT2D eigenvalue weighted by Crippen LogP contribution is 2.21. The molecule has 0 amide bonds. The number of Topliss-reactive ketones (excluding diaryl/α,β-unsaturated/α-hetero) is 1. The van der Waals surface area contributed by atoms with Crippen molar-refractivity contribution in [2.45, 2.75) is 24.7 Å². The number of anilines is 1. The van der Waals surface area contributed by atoms with Crippen molar-refractivity contribution in [1.82, 2.24) is 9.88 Å². The summed E-state index contributed by atoms with van der Waals surface area (Å²) in [7, 11) is -1.73. The highest BCUT2D eigenvalue weighted by Gasteiger charge is 2.19. The van der Waals surface area contributed by atoms with Gasteiger partial charge in [-0.25, -0.2) is 13.4 Å². The Morgan fingerprint density at radius 2 is 1.97 bits per heavy atom. The van der Waals surface area contributed by atoms with Crippen molar-refractivity contribution in [1.29, 1.82) is 0 Å². The predicted octanol–water partition coefficient (Wildman–Crippen LogP) is 3.07. The average Bonchev–Trinajstić information content (AvgIpc) is 2.76. The third-order valence-electron chi connectivity index (χ3n) is 5.07. The molecule has 1 unspecified atom stereocenters. The molecule has 8 nitrogen and oxygen atoms in total. The molecule has 172 valence electrons. The molecule has 10 heteroatoms. The number of carbonyl (C=O) groups excluding carboxylic acids is 2. The molecule has 1 aromatic carbocycles. The number of aromatic nitrogens is 1. The molecule has 1 fully saturated rings. The molecule has 32 heavy (non-hydrogen) atoms. The molecule has 1 aromatic heterocycles. The number of pyridine rings is 1. The summed E-state index contributed by atoms with van der Waals surface area (Å²) in [4.78, 5) is 29.4. The van der Waals surface area contributed by atoms with Crippen LogP contribution in [0.5, 0.6) is 5.75 Å². The molecule has 1 saturated heterocycles. The Morgan fingerprint density at radius 1 is 1.22 bits per heavy atom. The van der Waals surface area contributed by atoms with Crippen molar-refractivity contribution < 1.29 is 22.7 Å². The first-order valence-electron chi connectivity index (χ1n) is 10.3. The van der Waals surface area contributed by atoms with Crippen molar-refractivity contribution in [3.05, 3.63) is 48.2 Å². The lowest BCUT2D eigenvalue weighted by Crippen LogP contribution is -2.34. The first-order chi connectivity index (χ1) is 15.2. The molecule has 1 aliphatic rings. The number of piperidine rings is 1. The topological polar surface area (TPSA) is 106 Å². The van der Waals surface area contributed by atoms with Gasteiger partial charge in [0, 0.05) is 31.1 Å². The van der Waals surface area contributed by atoms with Crippen molar-refractivity contribution in [3.8, 4) is 5.75 Å². The summed E-state index contributed by atoms with van der Waals surface area (Å²) in [5, 5.41) is -0.145. The van der Waals surface area contributed by atoms with Gasteiger partial charge in [-0.05, 0) is 62.8 Å². The van der Waals surface area contributed by atoms with E-state index in [0.29, 0.717) is 23.8 Å². The van der Waals surface area contributed by atoms with Gasteiger partial charge < -0.3 is 9.64 Å². The van der Waals surface area contributed by atoms with Crippen molar-refractivity contribution in [2.24, 2.45) is 5.92 Å². The smallest absolute Gasteiger partial charge is 0.263 e. The molecule has 3 rings (SSSR count). The fraction of sp³-hybridized carbons (Fsp3) is 0.409. The fourth-order valence-electron chi connectivity index (χ4n) is 3.40. The molecular formula is C22H27N3O5S2. The van der Waals surface area contributed by atoms with Crippen LogP contribution in [0, 0.1) is 5.92 Å². The van der Waals surface area contributed by atoms with E-state index in [1.54, 1.807) is 12.1 Å². The minimum atomic E-state index is -3.84. The Kier molecular flexibility index (Phi) is 8.27. The molecule has 0 aliphatic carbocycles. The van der Waals surface area contributed by atoms with E-state index in [4.69, 9.17) is 4.74 Å². The molecule has 0 bridgehead atoms. The van der Waals surface area contributed by atoms with Gasteiger partial charge in [0.1, 0.15) is 11.6 Å². The number of thioether (sulfide) groups is 1. The van der Waals surface area contributed by atoms with Gasteiger partial charge >= 0.3 is 0 Å². The Labute approximate surface area is 192 Å². The third kappa shape index (κ3) is 7.04. The van der Waals surface area contributed by atoms with E-state index in [2.05, 4.69) is 21.7 Å². The van der Waals surface area contributed by atoms with E-state index in [9.17, 15) is 18.0 Å². The zero-order valence-corrected chi connectivity index (χ0v) is 19.7. The van der Waals surface area contributed by atoms with Crippen LogP contribution in [0.25, 0.3) is 0 Å². The summed E-state index contributed by atoms with van der Waals surface area (Å²) in [5.74, 6) is 0.973. The molecule has 1 aliphatic heterocycles. The Bertz CT molecular complexity index is 1040. The number of carbonyl (C=O) groups is 2. The van der Waals surface area contributed by atoms with E-state index >= 15 is 0 Å². The van der Waals surface area contributed by atoms with E-state index in [1.165, 1.54) is 37.4 Å². The monoisotopic (exact) mass is 477 g/mol. The lowest BCUT2D eigenvalue weighted by Gasteiger charge is -2.29. The SMILES string of the molecule is CC(=O)SCC(=O)c1ccc(NS(=O)(=O)c2ccc(OCC3CCCN(C)C3)cc2)nc1. The molecule has 2 heterocycles. The predicted molar refractivity (Wildman–Crippen MR) is 125 cm³/mol. The number of ketones is 1. The number of hydrogen-bond donors (Lipinski definition) is 1. The first-order valence-corrected chi connectivity index (χ1v) is 12.8. The average molecular weight is 478 g/mol. The van der Waals surface area contributed by atoms with Crippen LogP contribution in [0.1, 0.15) is 30.1 Å². The van der Waals surface area contributed by atoms with Gasteiger partial charge in [-0.3, -0.25) is 14.3 Å². The van der Waals surface area contributed by atoms with Gasteiger partial charge in [0.05, 0.1) is 17.3 Å². The molecule has 1 N–H and O–H groups in total. The second-order valence-corrected chi connectivity index (χ2v) is 10.6. The number of benzene rings is 1. The summed E-state index contributed by atoms with van der Waals surface area (Å²) in [6.07, 6.45) is 3.59. The van der Waals surface area contributed by atoms with Gasteiger partial charge in [-0.1, -0.05) is 11.8 Å². The Balaban J connectivity index is 1.56. The quantitative estimate of drug-likeness (QED) is 0.550. The highest BCUT2D eigenvalue weighted by atomic mass is 32.2. The maximum atomic E-state index is 12.6. The molecule has 0 spiro atoms. The van der Waals surface area contributed by atoms with Crippen LogP contribution in [0.4, 0.5) is 5.82 Å². The minimum absolute atomic E-state index is 0.0218. The summed E-state index contributed by atoms with van der Waals surface area (Å²) < 4.78 is 33.5. The van der Waals surface area contributed by atoms with Gasteiger partial charge in [-0.15, -0.1) is 0 Å². The fourth-order valence-corrected chi connectivity index (χ4v) is 4.91. The summed E-state index contributed by atoms with van der Waals surface area (Å²) in [6.45, 7) is 4.11. The molecule has 0 saturated carbocycles. The van der Waals surface area contributed by atoms with Crippen LogP contribution in [0.3, 0.4) is 0 Å². The Hall–Kier alpha value is -2.43. The summed E-state index contributed by atoms with van der Waals surface area (Å²) in [5.41, 5.74) is 0.312. The van der Waals surface area contributed by atoms with Crippen LogP contribution in [0.2, 0.25) is 0 Å². The number of hydrogen-bond acceptors (Lipinski definition) is 8. The summed E-state index contributed by atoms with van der Waals surface area (Å²) >= 11 is 0.918. The second kappa shape index (κ2) is 10.9. The van der Waals surface area contributed by atoms with E-state index in [1.807, 2.05) is 0 Å². The van der Waals surface area contributed by atoms with Crippen LogP contribution < -0.4 is 9.46 Å². The molecule has 2 aromatic rings. The van der Waals surface area contributed by atoms with Crippen LogP contribution in [-0.4, -0.2) is 61.7 Å². The standard InChI is InChI=1S/C22H27N3O5S2/c1-16(26)31-15-21(27)18-5-10-22(23-12-18)24-32(28,29)20-8-6-19(7-9-20)30-14-17-4-3-11-25(2)13-17/h5-10,12,17H,3-4,11,13-15H2,1-2H3,(H,23,24). The Morgan fingerprint density at radius 3 is 2.59 bits per heavy atom. The number of rotatable bonds is 9. The normalized spacial score (nSPS) is 17.0. The van der Waals surface area contributed by atoms with Crippen molar-refractivity contribution >= 4 is 38.5 Å². The van der Waals surface area contributed by atoms with E-state index in [0.717, 1.165) is 37.7 Å². The third-order valence-corrected chi connectivity index (χ3v) is 7.26. The van der Waals surface area contributed by atoms with Crippen LogP contribution in [-0.2, 0) is 14.8 Å². The van der Waals surface area contributed by atoms with Gasteiger partial charge in [0.15, 0.2) is 10.9 Å².